The van der Waals surface area contributed by atoms with Crippen molar-refractivity contribution in [1.82, 2.24) is 4.98 Å². The molecule has 0 saturated carbocycles. The molecule has 0 bridgehead atoms. The molecule has 0 amide bonds. The molecule has 1 N–H and O–H groups in total. The average Bonchev–Trinajstić information content (AvgIpc) is 2.89. The molecule has 3 heteroatoms. The highest BCUT2D eigenvalue weighted by molar-refractivity contribution is 5.53. The summed E-state index contributed by atoms with van der Waals surface area (Å²) in [7, 11) is 0. The zero-order valence-corrected chi connectivity index (χ0v) is 11.4. The molecule has 19 heavy (non-hydrogen) atoms. The molecule has 2 rings (SSSR count). The maximum Gasteiger partial charge on any atom is 0.226 e. The summed E-state index contributed by atoms with van der Waals surface area (Å²) in [5, 5.41) is 8.86. The van der Waals surface area contributed by atoms with E-state index in [0.717, 1.165) is 17.7 Å². The number of hydrogen-bond donors (Lipinski definition) is 1. The first-order valence-corrected chi connectivity index (χ1v) is 6.98. The predicted molar refractivity (Wildman–Crippen MR) is 76.0 cm³/mol. The molecule has 0 fully saturated rings. The minimum atomic E-state index is 0.0995. The lowest BCUT2D eigenvalue weighted by atomic mass is 10.1. The maximum atomic E-state index is 8.86. The van der Waals surface area contributed by atoms with Gasteiger partial charge in [0.25, 0.3) is 0 Å². The van der Waals surface area contributed by atoms with E-state index in [1.54, 1.807) is 6.26 Å². The number of benzene rings is 1. The molecule has 102 valence electrons. The molecule has 0 spiro atoms. The van der Waals surface area contributed by atoms with Crippen LogP contribution in [0.2, 0.25) is 0 Å². The Hall–Kier alpha value is -1.61. The van der Waals surface area contributed by atoms with Gasteiger partial charge < -0.3 is 9.52 Å². The summed E-state index contributed by atoms with van der Waals surface area (Å²) in [5.74, 6) is 0.628. The monoisotopic (exact) mass is 259 g/mol. The van der Waals surface area contributed by atoms with Crippen LogP contribution in [0.4, 0.5) is 0 Å². The van der Waals surface area contributed by atoms with Gasteiger partial charge in [-0.05, 0) is 30.5 Å². The molecule has 0 unspecified atom stereocenters. The Balaban J connectivity index is 2.00. The number of nitrogens with zero attached hydrogens (tertiary/aromatic N) is 1. The Labute approximate surface area is 114 Å². The lowest BCUT2D eigenvalue weighted by molar-refractivity contribution is 0.298. The Morgan fingerprint density at radius 3 is 2.58 bits per heavy atom. The smallest absolute Gasteiger partial charge is 0.226 e. The van der Waals surface area contributed by atoms with Crippen molar-refractivity contribution in [3.05, 3.63) is 41.8 Å². The van der Waals surface area contributed by atoms with Crippen molar-refractivity contribution < 1.29 is 9.52 Å². The summed E-state index contributed by atoms with van der Waals surface area (Å²) < 4.78 is 5.42. The molecule has 3 nitrogen and oxygen atoms in total. The first-order valence-electron chi connectivity index (χ1n) is 6.98. The van der Waals surface area contributed by atoms with Crippen LogP contribution in [0.25, 0.3) is 11.5 Å². The van der Waals surface area contributed by atoms with Gasteiger partial charge in [-0.1, -0.05) is 31.9 Å². The van der Waals surface area contributed by atoms with E-state index in [1.807, 2.05) is 0 Å². The third kappa shape index (κ3) is 3.93. The van der Waals surface area contributed by atoms with E-state index >= 15 is 0 Å². The molecule has 0 aliphatic heterocycles. The van der Waals surface area contributed by atoms with Crippen molar-refractivity contribution in [2.75, 3.05) is 6.61 Å². The van der Waals surface area contributed by atoms with Gasteiger partial charge in [-0.2, -0.15) is 0 Å². The zero-order chi connectivity index (χ0) is 13.5. The summed E-state index contributed by atoms with van der Waals surface area (Å²) in [6, 6.07) is 8.38. The fourth-order valence-electron chi connectivity index (χ4n) is 2.06. The van der Waals surface area contributed by atoms with E-state index in [9.17, 15) is 0 Å². The summed E-state index contributed by atoms with van der Waals surface area (Å²) >= 11 is 0. The highest BCUT2D eigenvalue weighted by atomic mass is 16.3. The quantitative estimate of drug-likeness (QED) is 0.773. The first kappa shape index (κ1) is 13.8. The largest absolute Gasteiger partial charge is 0.444 e. The van der Waals surface area contributed by atoms with Gasteiger partial charge in [-0.25, -0.2) is 4.98 Å². The third-order valence-corrected chi connectivity index (χ3v) is 3.19. The van der Waals surface area contributed by atoms with Crippen molar-refractivity contribution in [3.8, 4) is 11.5 Å². The molecule has 1 heterocycles. The van der Waals surface area contributed by atoms with E-state index < -0.39 is 0 Å². The van der Waals surface area contributed by atoms with E-state index in [2.05, 4.69) is 36.2 Å². The number of oxazole rings is 1. The standard InChI is InChI=1S/C16H21NO2/c1-2-3-4-5-13-6-8-14(9-7-13)16-17-15(10-11-18)12-19-16/h6-9,12,18H,2-5,10-11H2,1H3. The van der Waals surface area contributed by atoms with Crippen LogP contribution in [-0.2, 0) is 12.8 Å². The van der Waals surface area contributed by atoms with Crippen LogP contribution in [0.3, 0.4) is 0 Å². The average molecular weight is 259 g/mol. The van der Waals surface area contributed by atoms with E-state index in [4.69, 9.17) is 9.52 Å². The summed E-state index contributed by atoms with van der Waals surface area (Å²) in [5.41, 5.74) is 3.15. The molecule has 0 atom stereocenters. The molecular weight excluding hydrogens is 238 g/mol. The fourth-order valence-corrected chi connectivity index (χ4v) is 2.06. The van der Waals surface area contributed by atoms with Gasteiger partial charge in [-0.3, -0.25) is 0 Å². The van der Waals surface area contributed by atoms with Crippen LogP contribution in [0.15, 0.2) is 34.9 Å². The highest BCUT2D eigenvalue weighted by Gasteiger charge is 2.06. The van der Waals surface area contributed by atoms with Crippen LogP contribution < -0.4 is 0 Å². The van der Waals surface area contributed by atoms with Crippen molar-refractivity contribution in [2.45, 2.75) is 39.0 Å². The number of aliphatic hydroxyl groups is 1. The second-order valence-electron chi connectivity index (χ2n) is 4.77. The Kier molecular flexibility index (Phi) is 5.16. The zero-order valence-electron chi connectivity index (χ0n) is 11.4. The van der Waals surface area contributed by atoms with Gasteiger partial charge in [0.1, 0.15) is 6.26 Å². The van der Waals surface area contributed by atoms with E-state index in [-0.39, 0.29) is 6.61 Å². The van der Waals surface area contributed by atoms with E-state index in [0.29, 0.717) is 12.3 Å². The molecule has 1 aromatic heterocycles. The summed E-state index contributed by atoms with van der Waals surface area (Å²) in [6.07, 6.45) is 7.07. The van der Waals surface area contributed by atoms with Crippen LogP contribution in [0.1, 0.15) is 37.4 Å². The van der Waals surface area contributed by atoms with E-state index in [1.165, 1.54) is 24.8 Å². The van der Waals surface area contributed by atoms with Gasteiger partial charge in [0.2, 0.25) is 5.89 Å². The molecular formula is C16H21NO2. The van der Waals surface area contributed by atoms with Crippen molar-refractivity contribution >= 4 is 0 Å². The first-order chi connectivity index (χ1) is 9.33. The second-order valence-corrected chi connectivity index (χ2v) is 4.77. The van der Waals surface area contributed by atoms with Crippen LogP contribution in [0, 0.1) is 0 Å². The summed E-state index contributed by atoms with van der Waals surface area (Å²) in [6.45, 7) is 2.32. The Morgan fingerprint density at radius 2 is 1.89 bits per heavy atom. The minimum Gasteiger partial charge on any atom is -0.444 e. The van der Waals surface area contributed by atoms with Crippen LogP contribution in [0.5, 0.6) is 0 Å². The molecule has 1 aromatic carbocycles. The van der Waals surface area contributed by atoms with Gasteiger partial charge in [0, 0.05) is 18.6 Å². The maximum absolute atomic E-state index is 8.86. The SMILES string of the molecule is CCCCCc1ccc(-c2nc(CCO)co2)cc1. The van der Waals surface area contributed by atoms with Gasteiger partial charge in [-0.15, -0.1) is 0 Å². The van der Waals surface area contributed by atoms with Gasteiger partial charge in [0.05, 0.1) is 5.69 Å². The fraction of sp³-hybridized carbons (Fsp3) is 0.438. The van der Waals surface area contributed by atoms with Gasteiger partial charge >= 0.3 is 0 Å². The number of aliphatic hydroxyl groups excluding tert-OH is 1. The van der Waals surface area contributed by atoms with Crippen molar-refractivity contribution in [1.29, 1.82) is 0 Å². The molecule has 2 aromatic rings. The normalized spacial score (nSPS) is 10.8. The van der Waals surface area contributed by atoms with Crippen molar-refractivity contribution in [2.24, 2.45) is 0 Å². The van der Waals surface area contributed by atoms with Crippen LogP contribution in [-0.4, -0.2) is 16.7 Å². The lowest BCUT2D eigenvalue weighted by Gasteiger charge is -2.01. The molecule has 0 radical (unpaired) electrons. The molecule has 0 aliphatic carbocycles. The minimum absolute atomic E-state index is 0.0995. The number of rotatable bonds is 7. The topological polar surface area (TPSA) is 46.3 Å². The van der Waals surface area contributed by atoms with Gasteiger partial charge in [0.15, 0.2) is 0 Å². The van der Waals surface area contributed by atoms with Crippen LogP contribution >= 0.6 is 0 Å². The highest BCUT2D eigenvalue weighted by Crippen LogP contribution is 2.20. The molecule has 0 saturated heterocycles. The number of aromatic nitrogens is 1. The number of unbranched alkanes of at least 4 members (excludes halogenated alkanes) is 2. The Morgan fingerprint density at radius 1 is 1.11 bits per heavy atom. The number of hydrogen-bond acceptors (Lipinski definition) is 3. The van der Waals surface area contributed by atoms with Crippen molar-refractivity contribution in [3.63, 3.8) is 0 Å². The second kappa shape index (κ2) is 7.10. The Bertz CT molecular complexity index is 488. The number of aryl methyl sites for hydroxylation is 1. The lowest BCUT2D eigenvalue weighted by Crippen LogP contribution is -1.90. The predicted octanol–water partition coefficient (Wildman–Crippen LogP) is 3.61. The third-order valence-electron chi connectivity index (χ3n) is 3.19. The summed E-state index contributed by atoms with van der Waals surface area (Å²) in [4.78, 5) is 4.35. The molecule has 0 aliphatic rings.